The Morgan fingerprint density at radius 3 is 2.12 bits per heavy atom. The van der Waals surface area contributed by atoms with Crippen molar-refractivity contribution in [2.75, 3.05) is 10.2 Å². The lowest BCUT2D eigenvalue weighted by atomic mass is 10.1. The quantitative estimate of drug-likeness (QED) is 0.650. The normalized spacial score (nSPS) is 13.2. The van der Waals surface area contributed by atoms with Gasteiger partial charge in [0.15, 0.2) is 0 Å². The first-order valence-electron chi connectivity index (χ1n) is 10.0. The number of carboxylic acids is 1. The third kappa shape index (κ3) is 4.73. The number of nitrogens with one attached hydrogen (secondary N) is 1. The van der Waals surface area contributed by atoms with Crippen LogP contribution in [0.1, 0.15) is 41.5 Å². The molecular weight excluding hydrogens is 408 g/mol. The zero-order valence-electron chi connectivity index (χ0n) is 18.1. The number of hydrogen-bond acceptors (Lipinski definition) is 4. The highest BCUT2D eigenvalue weighted by Gasteiger charge is 2.36. The van der Waals surface area contributed by atoms with Gasteiger partial charge in [0.05, 0.1) is 28.1 Å². The van der Waals surface area contributed by atoms with Gasteiger partial charge in [0.25, 0.3) is 17.7 Å². The molecule has 1 aliphatic heterocycles. The maximum absolute atomic E-state index is 12.7. The molecule has 0 aromatic heterocycles. The largest absolute Gasteiger partial charge is 0.478 e. The molecule has 3 amide bonds. The summed E-state index contributed by atoms with van der Waals surface area (Å²) < 4.78 is 0. The predicted octanol–water partition coefficient (Wildman–Crippen LogP) is 4.60. The van der Waals surface area contributed by atoms with Crippen LogP contribution in [0, 0.1) is 0 Å². The van der Waals surface area contributed by atoms with Gasteiger partial charge < -0.3 is 10.4 Å². The van der Waals surface area contributed by atoms with Crippen LogP contribution in [0.2, 0.25) is 0 Å². The number of nitrogens with zero attached hydrogens (tertiary/aromatic N) is 1. The first kappa shape index (κ1) is 24.0. The Labute approximate surface area is 186 Å². The van der Waals surface area contributed by atoms with Gasteiger partial charge in [-0.15, -0.1) is 0 Å². The Morgan fingerprint density at radius 2 is 1.56 bits per heavy atom. The molecule has 164 valence electrons. The number of benzene rings is 2. The van der Waals surface area contributed by atoms with Gasteiger partial charge >= 0.3 is 5.97 Å². The van der Waals surface area contributed by atoms with Gasteiger partial charge in [0.2, 0.25) is 0 Å². The first-order valence-corrected chi connectivity index (χ1v) is 10.0. The van der Waals surface area contributed by atoms with E-state index in [4.69, 9.17) is 0 Å². The molecule has 3 rings (SSSR count). The summed E-state index contributed by atoms with van der Waals surface area (Å²) in [6.45, 7) is 9.34. The molecule has 0 fully saturated rings. The third-order valence-corrected chi connectivity index (χ3v) is 4.49. The molecule has 0 spiro atoms. The second-order valence-electron chi connectivity index (χ2n) is 6.33. The molecule has 0 saturated heterocycles. The van der Waals surface area contributed by atoms with Gasteiger partial charge in [0, 0.05) is 5.56 Å². The van der Waals surface area contributed by atoms with E-state index >= 15 is 0 Å². The van der Waals surface area contributed by atoms with Crippen LogP contribution in [0.4, 0.5) is 11.4 Å². The van der Waals surface area contributed by atoms with Crippen molar-refractivity contribution in [3.05, 3.63) is 95.6 Å². The molecule has 0 radical (unpaired) electrons. The molecular formula is C25H24N2O5. The molecule has 7 nitrogen and oxygen atoms in total. The van der Waals surface area contributed by atoms with Crippen molar-refractivity contribution in [1.82, 2.24) is 0 Å². The van der Waals surface area contributed by atoms with Crippen molar-refractivity contribution < 1.29 is 24.3 Å². The SMILES string of the molecule is C=CC1=C(/C=C\C)C(=O)N(c2ccc(C(=O)Nc3ccccc3C(=O)O)cc2)C1=O.CC. The lowest BCUT2D eigenvalue weighted by Gasteiger charge is -2.15. The van der Waals surface area contributed by atoms with Crippen molar-refractivity contribution in [1.29, 1.82) is 0 Å². The number of carbonyl (C=O) groups excluding carboxylic acids is 3. The lowest BCUT2D eigenvalue weighted by Crippen LogP contribution is -2.31. The Bertz CT molecular complexity index is 1130. The molecule has 0 unspecified atom stereocenters. The molecule has 2 aromatic rings. The van der Waals surface area contributed by atoms with E-state index in [1.807, 2.05) is 13.8 Å². The number of aromatic carboxylic acids is 1. The van der Waals surface area contributed by atoms with Gasteiger partial charge in [-0.1, -0.05) is 50.8 Å². The standard InChI is InChI=1S/C23H18N2O5.C2H6/c1-3-7-17-16(4-2)21(27)25(22(17)28)15-12-10-14(11-13-15)20(26)24-19-9-6-5-8-18(19)23(29)30;1-2/h3-13H,2H2,1H3,(H,24,26)(H,29,30);1-2H3/b7-3-;. The molecule has 2 aromatic carbocycles. The van der Waals surface area contributed by atoms with Crippen LogP contribution in [0.3, 0.4) is 0 Å². The van der Waals surface area contributed by atoms with Crippen LogP contribution in [0.5, 0.6) is 0 Å². The first-order chi connectivity index (χ1) is 15.4. The zero-order chi connectivity index (χ0) is 23.8. The minimum Gasteiger partial charge on any atom is -0.478 e. The average Bonchev–Trinajstić information content (AvgIpc) is 3.04. The number of rotatable bonds is 6. The van der Waals surface area contributed by atoms with E-state index in [9.17, 15) is 24.3 Å². The summed E-state index contributed by atoms with van der Waals surface area (Å²) >= 11 is 0. The molecule has 0 saturated carbocycles. The van der Waals surface area contributed by atoms with Crippen molar-refractivity contribution in [2.45, 2.75) is 20.8 Å². The van der Waals surface area contributed by atoms with Gasteiger partial charge in [-0.25, -0.2) is 9.69 Å². The fraction of sp³-hybridized carbons (Fsp3) is 0.120. The molecule has 0 atom stereocenters. The van der Waals surface area contributed by atoms with Crippen LogP contribution in [0.25, 0.3) is 0 Å². The number of carboxylic acid groups (broad SMARTS) is 1. The van der Waals surface area contributed by atoms with E-state index < -0.39 is 23.7 Å². The number of amides is 3. The Hall–Kier alpha value is -4.26. The van der Waals surface area contributed by atoms with Crippen molar-refractivity contribution in [3.8, 4) is 0 Å². The summed E-state index contributed by atoms with van der Waals surface area (Å²) in [5.74, 6) is -2.64. The highest BCUT2D eigenvalue weighted by atomic mass is 16.4. The van der Waals surface area contributed by atoms with Gasteiger partial charge in [-0.3, -0.25) is 14.4 Å². The van der Waals surface area contributed by atoms with Crippen LogP contribution in [-0.4, -0.2) is 28.8 Å². The average molecular weight is 432 g/mol. The van der Waals surface area contributed by atoms with Gasteiger partial charge in [-0.05, 0) is 43.3 Å². The van der Waals surface area contributed by atoms with Crippen LogP contribution in [-0.2, 0) is 9.59 Å². The van der Waals surface area contributed by atoms with Crippen LogP contribution >= 0.6 is 0 Å². The van der Waals surface area contributed by atoms with Crippen molar-refractivity contribution in [2.24, 2.45) is 0 Å². The van der Waals surface area contributed by atoms with E-state index in [0.717, 1.165) is 4.90 Å². The number of imide groups is 1. The van der Waals surface area contributed by atoms with E-state index in [0.29, 0.717) is 5.69 Å². The molecule has 0 bridgehead atoms. The van der Waals surface area contributed by atoms with Crippen molar-refractivity contribution >= 4 is 35.1 Å². The lowest BCUT2D eigenvalue weighted by molar-refractivity contribution is -0.120. The number of anilines is 2. The summed E-state index contributed by atoms with van der Waals surface area (Å²) in [5, 5.41) is 11.8. The van der Waals surface area contributed by atoms with E-state index in [1.165, 1.54) is 42.5 Å². The van der Waals surface area contributed by atoms with E-state index in [2.05, 4.69) is 11.9 Å². The number of hydrogen-bond donors (Lipinski definition) is 2. The number of carbonyl (C=O) groups is 4. The second kappa shape index (κ2) is 10.7. The predicted molar refractivity (Wildman–Crippen MR) is 124 cm³/mol. The molecule has 1 heterocycles. The minimum absolute atomic E-state index is 0.0322. The summed E-state index contributed by atoms with van der Waals surface area (Å²) in [7, 11) is 0. The second-order valence-corrected chi connectivity index (χ2v) is 6.33. The van der Waals surface area contributed by atoms with Crippen molar-refractivity contribution in [3.63, 3.8) is 0 Å². The fourth-order valence-corrected chi connectivity index (χ4v) is 3.06. The summed E-state index contributed by atoms with van der Waals surface area (Å²) in [5.41, 5.74) is 1.15. The Morgan fingerprint density at radius 1 is 0.969 bits per heavy atom. The zero-order valence-corrected chi connectivity index (χ0v) is 18.1. The Balaban J connectivity index is 0.00000176. The molecule has 2 N–H and O–H groups in total. The maximum atomic E-state index is 12.7. The fourth-order valence-electron chi connectivity index (χ4n) is 3.06. The molecule has 1 aliphatic rings. The third-order valence-electron chi connectivity index (χ3n) is 4.49. The highest BCUT2D eigenvalue weighted by Crippen LogP contribution is 2.29. The summed E-state index contributed by atoms with van der Waals surface area (Å²) in [4.78, 5) is 50.1. The van der Waals surface area contributed by atoms with Crippen LogP contribution in [0.15, 0.2) is 84.5 Å². The topological polar surface area (TPSA) is 104 Å². The highest BCUT2D eigenvalue weighted by molar-refractivity contribution is 6.34. The molecule has 7 heteroatoms. The summed E-state index contributed by atoms with van der Waals surface area (Å²) in [6, 6.07) is 11.9. The van der Waals surface area contributed by atoms with Gasteiger partial charge in [-0.2, -0.15) is 0 Å². The maximum Gasteiger partial charge on any atom is 0.337 e. The minimum atomic E-state index is -1.16. The van der Waals surface area contributed by atoms with E-state index in [-0.39, 0.29) is 28.0 Å². The molecule has 0 aliphatic carbocycles. The Kier molecular flexibility index (Phi) is 8.01. The van der Waals surface area contributed by atoms with Crippen LogP contribution < -0.4 is 10.2 Å². The number of para-hydroxylation sites is 1. The monoisotopic (exact) mass is 432 g/mol. The van der Waals surface area contributed by atoms with E-state index in [1.54, 1.807) is 31.2 Å². The smallest absolute Gasteiger partial charge is 0.337 e. The summed E-state index contributed by atoms with van der Waals surface area (Å²) in [6.07, 6.45) is 4.56. The van der Waals surface area contributed by atoms with Gasteiger partial charge in [0.1, 0.15) is 0 Å². The molecule has 32 heavy (non-hydrogen) atoms. The number of allylic oxidation sites excluding steroid dienone is 1.